The Morgan fingerprint density at radius 1 is 1.28 bits per heavy atom. The predicted molar refractivity (Wildman–Crippen MR) is 70.8 cm³/mol. The first-order valence-electron chi connectivity index (χ1n) is 6.12. The average molecular weight is 249 g/mol. The van der Waals surface area contributed by atoms with Crippen molar-refractivity contribution < 1.29 is 14.3 Å². The number of carbonyl (C=O) groups excluding carboxylic acids is 2. The summed E-state index contributed by atoms with van der Waals surface area (Å²) in [6, 6.07) is 6.91. The van der Waals surface area contributed by atoms with Crippen LogP contribution in [0, 0.1) is 0 Å². The van der Waals surface area contributed by atoms with Crippen LogP contribution in [0.2, 0.25) is 0 Å². The number of carbonyl (C=O) groups is 2. The smallest absolute Gasteiger partial charge is 0.226 e. The average Bonchev–Trinajstić information content (AvgIpc) is 2.35. The molecule has 1 aromatic rings. The van der Waals surface area contributed by atoms with Crippen LogP contribution in [0.25, 0.3) is 0 Å². The van der Waals surface area contributed by atoms with Gasteiger partial charge in [-0.15, -0.1) is 0 Å². The van der Waals surface area contributed by atoms with Gasteiger partial charge in [0.1, 0.15) is 0 Å². The summed E-state index contributed by atoms with van der Waals surface area (Å²) in [7, 11) is 0. The second-order valence-electron chi connectivity index (χ2n) is 4.05. The minimum absolute atomic E-state index is 0.0163. The van der Waals surface area contributed by atoms with Crippen molar-refractivity contribution in [2.75, 3.05) is 18.5 Å². The summed E-state index contributed by atoms with van der Waals surface area (Å²) in [6.45, 7) is 4.62. The van der Waals surface area contributed by atoms with Crippen LogP contribution in [0.15, 0.2) is 24.3 Å². The van der Waals surface area contributed by atoms with Gasteiger partial charge in [0.15, 0.2) is 5.78 Å². The number of anilines is 1. The van der Waals surface area contributed by atoms with Crippen molar-refractivity contribution in [2.24, 2.45) is 0 Å². The third-order valence-electron chi connectivity index (χ3n) is 2.37. The molecule has 0 saturated carbocycles. The van der Waals surface area contributed by atoms with Gasteiger partial charge in [-0.05, 0) is 25.5 Å². The molecule has 4 nitrogen and oxygen atoms in total. The van der Waals surface area contributed by atoms with Crippen molar-refractivity contribution in [3.8, 4) is 0 Å². The lowest BCUT2D eigenvalue weighted by molar-refractivity contribution is -0.117. The van der Waals surface area contributed by atoms with E-state index in [1.807, 2.05) is 6.92 Å². The van der Waals surface area contributed by atoms with Gasteiger partial charge in [-0.1, -0.05) is 19.1 Å². The van der Waals surface area contributed by atoms with E-state index in [2.05, 4.69) is 5.32 Å². The van der Waals surface area contributed by atoms with Gasteiger partial charge in [-0.3, -0.25) is 9.59 Å². The largest absolute Gasteiger partial charge is 0.381 e. The molecule has 0 aromatic heterocycles. The van der Waals surface area contributed by atoms with E-state index in [1.54, 1.807) is 24.3 Å². The summed E-state index contributed by atoms with van der Waals surface area (Å²) in [4.78, 5) is 22.8. The molecule has 18 heavy (non-hydrogen) atoms. The number of hydrogen-bond donors (Lipinski definition) is 1. The Bertz CT molecular complexity index is 415. The molecule has 1 amide bonds. The summed E-state index contributed by atoms with van der Waals surface area (Å²) in [5, 5.41) is 2.74. The third kappa shape index (κ3) is 5.10. The zero-order valence-corrected chi connectivity index (χ0v) is 10.9. The molecule has 1 rings (SSSR count). The van der Waals surface area contributed by atoms with E-state index in [1.165, 1.54) is 6.92 Å². The van der Waals surface area contributed by atoms with Gasteiger partial charge in [0, 0.05) is 17.9 Å². The van der Waals surface area contributed by atoms with Gasteiger partial charge in [0.05, 0.1) is 13.0 Å². The van der Waals surface area contributed by atoms with Crippen molar-refractivity contribution in [3.63, 3.8) is 0 Å². The molecule has 0 fully saturated rings. The number of hydrogen-bond acceptors (Lipinski definition) is 3. The molecule has 98 valence electrons. The van der Waals surface area contributed by atoms with E-state index >= 15 is 0 Å². The first-order chi connectivity index (χ1) is 8.63. The summed E-state index contributed by atoms with van der Waals surface area (Å²) in [5.41, 5.74) is 1.23. The topological polar surface area (TPSA) is 55.4 Å². The molecule has 1 aromatic carbocycles. The molecule has 0 aliphatic rings. The maximum atomic E-state index is 11.6. The van der Waals surface area contributed by atoms with E-state index in [4.69, 9.17) is 4.74 Å². The Balaban J connectivity index is 2.44. The predicted octanol–water partition coefficient (Wildman–Crippen LogP) is 2.64. The van der Waals surface area contributed by atoms with Crippen LogP contribution in [0.4, 0.5) is 5.69 Å². The number of nitrogens with one attached hydrogen (secondary N) is 1. The maximum Gasteiger partial charge on any atom is 0.226 e. The van der Waals surface area contributed by atoms with Crippen molar-refractivity contribution in [1.29, 1.82) is 0 Å². The van der Waals surface area contributed by atoms with Crippen LogP contribution in [-0.4, -0.2) is 24.9 Å². The first kappa shape index (κ1) is 14.4. The monoisotopic (exact) mass is 249 g/mol. The fourth-order valence-electron chi connectivity index (χ4n) is 1.45. The number of amides is 1. The second kappa shape index (κ2) is 7.61. The SMILES string of the molecule is CCCOCCC(=O)Nc1cccc(C(C)=O)c1. The zero-order valence-electron chi connectivity index (χ0n) is 10.9. The van der Waals surface area contributed by atoms with Crippen LogP contribution in [0.5, 0.6) is 0 Å². The molecular formula is C14H19NO3. The van der Waals surface area contributed by atoms with Crippen molar-refractivity contribution >= 4 is 17.4 Å². The highest BCUT2D eigenvalue weighted by Gasteiger charge is 2.04. The number of ether oxygens (including phenoxy) is 1. The van der Waals surface area contributed by atoms with E-state index in [0.717, 1.165) is 6.42 Å². The minimum atomic E-state index is -0.105. The minimum Gasteiger partial charge on any atom is -0.381 e. The zero-order chi connectivity index (χ0) is 13.4. The lowest BCUT2D eigenvalue weighted by atomic mass is 10.1. The Morgan fingerprint density at radius 3 is 2.72 bits per heavy atom. The summed E-state index contributed by atoms with van der Waals surface area (Å²) in [6.07, 6.45) is 1.27. The van der Waals surface area contributed by atoms with Crippen LogP contribution < -0.4 is 5.32 Å². The molecule has 0 atom stereocenters. The summed E-state index contributed by atoms with van der Waals surface area (Å²) >= 11 is 0. The van der Waals surface area contributed by atoms with Crippen LogP contribution >= 0.6 is 0 Å². The molecule has 1 N–H and O–H groups in total. The quantitative estimate of drug-likeness (QED) is 0.597. The molecule has 0 radical (unpaired) electrons. The summed E-state index contributed by atoms with van der Waals surface area (Å²) < 4.78 is 5.24. The van der Waals surface area contributed by atoms with E-state index in [9.17, 15) is 9.59 Å². The molecule has 0 saturated heterocycles. The Labute approximate surface area is 107 Å². The van der Waals surface area contributed by atoms with E-state index in [0.29, 0.717) is 30.9 Å². The Morgan fingerprint density at radius 2 is 2.06 bits per heavy atom. The van der Waals surface area contributed by atoms with Gasteiger partial charge in [-0.2, -0.15) is 0 Å². The normalized spacial score (nSPS) is 10.1. The van der Waals surface area contributed by atoms with Crippen molar-refractivity contribution in [1.82, 2.24) is 0 Å². The molecule has 0 aliphatic carbocycles. The molecule has 0 bridgehead atoms. The van der Waals surface area contributed by atoms with Gasteiger partial charge >= 0.3 is 0 Å². The molecule has 0 unspecified atom stereocenters. The maximum absolute atomic E-state index is 11.6. The number of ketones is 1. The first-order valence-corrected chi connectivity index (χ1v) is 6.12. The highest BCUT2D eigenvalue weighted by molar-refractivity contribution is 5.97. The highest BCUT2D eigenvalue weighted by Crippen LogP contribution is 2.11. The second-order valence-corrected chi connectivity index (χ2v) is 4.05. The van der Waals surface area contributed by atoms with Crippen molar-refractivity contribution in [2.45, 2.75) is 26.7 Å². The van der Waals surface area contributed by atoms with E-state index < -0.39 is 0 Å². The van der Waals surface area contributed by atoms with Gasteiger partial charge in [-0.25, -0.2) is 0 Å². The van der Waals surface area contributed by atoms with Gasteiger partial charge < -0.3 is 10.1 Å². The Hall–Kier alpha value is -1.68. The number of benzene rings is 1. The number of Topliss-reactive ketones (excluding diaryl/α,β-unsaturated/α-hetero) is 1. The van der Waals surface area contributed by atoms with Crippen LogP contribution in [0.1, 0.15) is 37.0 Å². The molecular weight excluding hydrogens is 230 g/mol. The van der Waals surface area contributed by atoms with Crippen LogP contribution in [0.3, 0.4) is 0 Å². The van der Waals surface area contributed by atoms with Gasteiger partial charge in [0.25, 0.3) is 0 Å². The third-order valence-corrected chi connectivity index (χ3v) is 2.37. The number of rotatable bonds is 7. The lowest BCUT2D eigenvalue weighted by Crippen LogP contribution is -2.14. The van der Waals surface area contributed by atoms with Crippen LogP contribution in [-0.2, 0) is 9.53 Å². The summed E-state index contributed by atoms with van der Waals surface area (Å²) in [5.74, 6) is -0.121. The fourth-order valence-corrected chi connectivity index (χ4v) is 1.45. The highest BCUT2D eigenvalue weighted by atomic mass is 16.5. The Kier molecular flexibility index (Phi) is 6.08. The molecule has 0 aliphatic heterocycles. The molecule has 0 spiro atoms. The molecule has 4 heteroatoms. The lowest BCUT2D eigenvalue weighted by Gasteiger charge is -2.06. The molecule has 0 heterocycles. The fraction of sp³-hybridized carbons (Fsp3) is 0.429. The van der Waals surface area contributed by atoms with E-state index in [-0.39, 0.29) is 11.7 Å². The standard InChI is InChI=1S/C14H19NO3/c1-3-8-18-9-7-14(17)15-13-6-4-5-12(10-13)11(2)16/h4-6,10H,3,7-9H2,1-2H3,(H,15,17). The van der Waals surface area contributed by atoms with Gasteiger partial charge in [0.2, 0.25) is 5.91 Å². The van der Waals surface area contributed by atoms with Crippen molar-refractivity contribution in [3.05, 3.63) is 29.8 Å².